The number of nitriles is 1. The largest absolute Gasteiger partial charge is 0.467 e. The predicted molar refractivity (Wildman–Crippen MR) is 116 cm³/mol. The molecule has 0 atom stereocenters. The molecule has 168 valence electrons. The Morgan fingerprint density at radius 3 is 2.21 bits per heavy atom. The molecule has 1 fully saturated rings. The monoisotopic (exact) mass is 446 g/mol. The van der Waals surface area contributed by atoms with Crippen molar-refractivity contribution in [1.29, 1.82) is 5.26 Å². The molecule has 9 nitrogen and oxygen atoms in total. The van der Waals surface area contributed by atoms with Crippen molar-refractivity contribution in [3.63, 3.8) is 0 Å². The Morgan fingerprint density at radius 2 is 1.67 bits per heavy atom. The van der Waals surface area contributed by atoms with Crippen LogP contribution in [0.25, 0.3) is 11.7 Å². The molecule has 0 spiro atoms. The first-order valence-corrected chi connectivity index (χ1v) is 10.7. The molecular formula is C24H22N4O5. The van der Waals surface area contributed by atoms with Gasteiger partial charge in [-0.05, 0) is 49.2 Å². The highest BCUT2D eigenvalue weighted by molar-refractivity contribution is 5.79. The Balaban J connectivity index is 1.27. The van der Waals surface area contributed by atoms with Crippen molar-refractivity contribution in [2.75, 3.05) is 18.0 Å². The van der Waals surface area contributed by atoms with Crippen molar-refractivity contribution < 1.29 is 22.5 Å². The van der Waals surface area contributed by atoms with Crippen LogP contribution in [-0.2, 0) is 17.9 Å². The number of oxazole rings is 1. The normalized spacial score (nSPS) is 14.3. The molecule has 0 unspecified atom stereocenters. The van der Waals surface area contributed by atoms with Crippen molar-refractivity contribution in [2.45, 2.75) is 25.9 Å². The van der Waals surface area contributed by atoms with Crippen LogP contribution in [0.1, 0.15) is 30.1 Å². The lowest BCUT2D eigenvalue weighted by Crippen LogP contribution is -2.42. The third-order valence-electron chi connectivity index (χ3n) is 5.74. The standard InChI is InChI=1S/C24H22N4O5/c25-14-20-24(33-22(26-20)21-6-3-13-32-21)27-9-7-17(8-10-27)23(29)28(15-18-4-1-11-30-18)16-19-5-2-12-31-19/h1-6,11-13,17H,7-10,15-16H2. The number of amides is 1. The van der Waals surface area contributed by atoms with Gasteiger partial charge in [-0.2, -0.15) is 10.2 Å². The lowest BCUT2D eigenvalue weighted by atomic mass is 9.95. The van der Waals surface area contributed by atoms with Gasteiger partial charge in [0.05, 0.1) is 31.9 Å². The summed E-state index contributed by atoms with van der Waals surface area (Å²) < 4.78 is 22.1. The van der Waals surface area contributed by atoms with Crippen LogP contribution >= 0.6 is 0 Å². The summed E-state index contributed by atoms with van der Waals surface area (Å²) in [6.45, 7) is 1.90. The van der Waals surface area contributed by atoms with E-state index in [4.69, 9.17) is 17.7 Å². The highest BCUT2D eigenvalue weighted by Crippen LogP contribution is 2.32. The summed E-state index contributed by atoms with van der Waals surface area (Å²) >= 11 is 0. The highest BCUT2D eigenvalue weighted by Gasteiger charge is 2.32. The molecular weight excluding hydrogens is 424 g/mol. The fourth-order valence-electron chi connectivity index (χ4n) is 4.09. The zero-order valence-corrected chi connectivity index (χ0v) is 17.8. The molecule has 5 rings (SSSR count). The van der Waals surface area contributed by atoms with Gasteiger partial charge in [0, 0.05) is 19.0 Å². The Labute approximate surface area is 189 Å². The second-order valence-electron chi connectivity index (χ2n) is 7.88. The molecule has 4 aromatic rings. The van der Waals surface area contributed by atoms with Gasteiger partial charge in [-0.15, -0.1) is 0 Å². The second kappa shape index (κ2) is 9.12. The van der Waals surface area contributed by atoms with Crippen LogP contribution in [0.15, 0.2) is 72.9 Å². The van der Waals surface area contributed by atoms with E-state index < -0.39 is 0 Å². The third kappa shape index (κ3) is 4.41. The molecule has 0 radical (unpaired) electrons. The van der Waals surface area contributed by atoms with E-state index in [-0.39, 0.29) is 23.4 Å². The molecule has 5 heterocycles. The van der Waals surface area contributed by atoms with Crippen LogP contribution in [0, 0.1) is 17.2 Å². The summed E-state index contributed by atoms with van der Waals surface area (Å²) in [7, 11) is 0. The van der Waals surface area contributed by atoms with Gasteiger partial charge in [-0.25, -0.2) is 0 Å². The quantitative estimate of drug-likeness (QED) is 0.409. The maximum atomic E-state index is 13.4. The van der Waals surface area contributed by atoms with E-state index in [1.807, 2.05) is 29.2 Å². The minimum atomic E-state index is -0.149. The Bertz CT molecular complexity index is 1170. The number of hydrogen-bond donors (Lipinski definition) is 0. The molecule has 9 heteroatoms. The lowest BCUT2D eigenvalue weighted by Gasteiger charge is -2.33. The topological polar surface area (TPSA) is 113 Å². The van der Waals surface area contributed by atoms with Gasteiger partial charge in [0.25, 0.3) is 5.89 Å². The predicted octanol–water partition coefficient (Wildman–Crippen LogP) is 4.44. The van der Waals surface area contributed by atoms with Crippen LogP contribution < -0.4 is 4.90 Å². The van der Waals surface area contributed by atoms with E-state index in [0.29, 0.717) is 50.7 Å². The average molecular weight is 446 g/mol. The van der Waals surface area contributed by atoms with E-state index in [1.54, 1.807) is 29.6 Å². The van der Waals surface area contributed by atoms with Gasteiger partial charge in [0.2, 0.25) is 17.5 Å². The van der Waals surface area contributed by atoms with E-state index in [0.717, 1.165) is 11.5 Å². The minimum Gasteiger partial charge on any atom is -0.467 e. The summed E-state index contributed by atoms with van der Waals surface area (Å²) in [5, 5.41) is 9.51. The SMILES string of the molecule is N#Cc1nc(-c2ccco2)oc1N1CCC(C(=O)N(Cc2ccco2)Cc2ccco2)CC1. The number of nitrogens with zero attached hydrogens (tertiary/aromatic N) is 4. The van der Waals surface area contributed by atoms with Crippen LogP contribution in [0.4, 0.5) is 5.88 Å². The van der Waals surface area contributed by atoms with Gasteiger partial charge in [-0.3, -0.25) is 4.79 Å². The summed E-state index contributed by atoms with van der Waals surface area (Å²) in [6, 6.07) is 12.9. The molecule has 1 aliphatic rings. The fourth-order valence-corrected chi connectivity index (χ4v) is 4.09. The summed E-state index contributed by atoms with van der Waals surface area (Å²) in [5.74, 6) is 2.50. The van der Waals surface area contributed by atoms with Crippen LogP contribution in [0.3, 0.4) is 0 Å². The molecule has 0 aliphatic carbocycles. The first-order valence-electron chi connectivity index (χ1n) is 10.7. The summed E-state index contributed by atoms with van der Waals surface area (Å²) in [5.41, 5.74) is 0.212. The number of furan rings is 3. The lowest BCUT2D eigenvalue weighted by molar-refractivity contribution is -0.138. The van der Waals surface area contributed by atoms with E-state index in [2.05, 4.69) is 11.1 Å². The number of hydrogen-bond acceptors (Lipinski definition) is 8. The van der Waals surface area contributed by atoms with Gasteiger partial charge in [0.15, 0.2) is 5.76 Å². The maximum absolute atomic E-state index is 13.4. The highest BCUT2D eigenvalue weighted by atomic mass is 16.4. The zero-order chi connectivity index (χ0) is 22.6. The second-order valence-corrected chi connectivity index (χ2v) is 7.88. The molecule has 0 bridgehead atoms. The first-order chi connectivity index (χ1) is 16.2. The molecule has 1 saturated heterocycles. The smallest absolute Gasteiger partial charge is 0.266 e. The average Bonchev–Trinajstić information content (AvgIpc) is 3.65. The zero-order valence-electron chi connectivity index (χ0n) is 17.8. The number of aromatic nitrogens is 1. The van der Waals surface area contributed by atoms with E-state index >= 15 is 0 Å². The molecule has 4 aromatic heterocycles. The molecule has 0 N–H and O–H groups in total. The number of anilines is 1. The van der Waals surface area contributed by atoms with Crippen molar-refractivity contribution in [1.82, 2.24) is 9.88 Å². The van der Waals surface area contributed by atoms with Gasteiger partial charge >= 0.3 is 0 Å². The Kier molecular flexibility index (Phi) is 5.72. The molecule has 0 aromatic carbocycles. The fraction of sp³-hybridized carbons (Fsp3) is 0.292. The van der Waals surface area contributed by atoms with E-state index in [9.17, 15) is 10.1 Å². The van der Waals surface area contributed by atoms with Gasteiger partial charge < -0.3 is 27.5 Å². The van der Waals surface area contributed by atoms with Crippen molar-refractivity contribution >= 4 is 11.8 Å². The third-order valence-corrected chi connectivity index (χ3v) is 5.74. The molecule has 1 amide bonds. The number of piperidine rings is 1. The van der Waals surface area contributed by atoms with Crippen molar-refractivity contribution in [3.05, 3.63) is 72.4 Å². The molecule has 33 heavy (non-hydrogen) atoms. The Hall–Kier alpha value is -4.19. The minimum absolute atomic E-state index is 0.0526. The van der Waals surface area contributed by atoms with E-state index in [1.165, 1.54) is 6.26 Å². The molecule has 1 aliphatic heterocycles. The van der Waals surface area contributed by atoms with Crippen LogP contribution in [0.5, 0.6) is 0 Å². The van der Waals surface area contributed by atoms with Gasteiger partial charge in [0.1, 0.15) is 17.6 Å². The first kappa shape index (κ1) is 20.7. The number of carbonyl (C=O) groups excluding carboxylic acids is 1. The van der Waals surface area contributed by atoms with Crippen LogP contribution in [-0.4, -0.2) is 28.9 Å². The Morgan fingerprint density at radius 1 is 1.03 bits per heavy atom. The van der Waals surface area contributed by atoms with Crippen molar-refractivity contribution in [3.8, 4) is 17.7 Å². The summed E-state index contributed by atoms with van der Waals surface area (Å²) in [4.78, 5) is 21.4. The number of carbonyl (C=O) groups is 1. The summed E-state index contributed by atoms with van der Waals surface area (Å²) in [6.07, 6.45) is 6.00. The van der Waals surface area contributed by atoms with Crippen molar-refractivity contribution in [2.24, 2.45) is 5.92 Å². The molecule has 0 saturated carbocycles. The number of rotatable bonds is 7. The van der Waals surface area contributed by atoms with Crippen LogP contribution in [0.2, 0.25) is 0 Å². The van der Waals surface area contributed by atoms with Gasteiger partial charge in [-0.1, -0.05) is 0 Å². The maximum Gasteiger partial charge on any atom is 0.266 e.